The molecular formula is C18H27N3. The summed E-state index contributed by atoms with van der Waals surface area (Å²) in [6, 6.07) is 12.6. The predicted molar refractivity (Wildman–Crippen MR) is 86.9 cm³/mol. The van der Waals surface area contributed by atoms with Gasteiger partial charge in [0.05, 0.1) is 6.07 Å². The summed E-state index contributed by atoms with van der Waals surface area (Å²) in [5, 5.41) is 13.0. The predicted octanol–water partition coefficient (Wildman–Crippen LogP) is 3.14. The SMILES string of the molecule is CCCN(CCC(C#N)(NC)c1ccccc1)CC1CC1. The van der Waals surface area contributed by atoms with Gasteiger partial charge in [-0.3, -0.25) is 5.32 Å². The highest BCUT2D eigenvalue weighted by atomic mass is 15.1. The largest absolute Gasteiger partial charge is 0.303 e. The Balaban J connectivity index is 2.03. The molecular weight excluding hydrogens is 258 g/mol. The van der Waals surface area contributed by atoms with Crippen molar-refractivity contribution in [2.75, 3.05) is 26.7 Å². The molecule has 1 unspecified atom stereocenters. The lowest BCUT2D eigenvalue weighted by Crippen LogP contribution is -2.42. The van der Waals surface area contributed by atoms with Gasteiger partial charge in [0.2, 0.25) is 0 Å². The molecule has 0 aromatic heterocycles. The van der Waals surface area contributed by atoms with Crippen LogP contribution < -0.4 is 5.32 Å². The minimum absolute atomic E-state index is 0.573. The van der Waals surface area contributed by atoms with Crippen molar-refractivity contribution >= 4 is 0 Å². The first kappa shape index (κ1) is 16.0. The summed E-state index contributed by atoms with van der Waals surface area (Å²) < 4.78 is 0. The summed E-state index contributed by atoms with van der Waals surface area (Å²) in [5.41, 5.74) is 0.495. The summed E-state index contributed by atoms with van der Waals surface area (Å²) in [6.45, 7) is 5.55. The van der Waals surface area contributed by atoms with Gasteiger partial charge in [-0.1, -0.05) is 37.3 Å². The Morgan fingerprint density at radius 1 is 1.29 bits per heavy atom. The Morgan fingerprint density at radius 3 is 2.52 bits per heavy atom. The van der Waals surface area contributed by atoms with Crippen molar-refractivity contribution in [3.8, 4) is 6.07 Å². The van der Waals surface area contributed by atoms with E-state index in [1.807, 2.05) is 37.4 Å². The van der Waals surface area contributed by atoms with Crippen molar-refractivity contribution < 1.29 is 0 Å². The van der Waals surface area contributed by atoms with Crippen LogP contribution in [0.1, 0.15) is 38.2 Å². The molecule has 0 radical (unpaired) electrons. The molecule has 1 atom stereocenters. The molecule has 1 aliphatic rings. The molecule has 0 saturated heterocycles. The van der Waals surface area contributed by atoms with Crippen LogP contribution in [0.5, 0.6) is 0 Å². The van der Waals surface area contributed by atoms with E-state index >= 15 is 0 Å². The van der Waals surface area contributed by atoms with E-state index in [0.717, 1.165) is 31.0 Å². The minimum atomic E-state index is -0.573. The summed E-state index contributed by atoms with van der Waals surface area (Å²) in [7, 11) is 1.89. The fourth-order valence-corrected chi connectivity index (χ4v) is 2.91. The number of hydrogen-bond donors (Lipinski definition) is 1. The van der Waals surface area contributed by atoms with Crippen LogP contribution in [-0.2, 0) is 5.54 Å². The quantitative estimate of drug-likeness (QED) is 0.757. The normalized spacial score (nSPS) is 17.4. The lowest BCUT2D eigenvalue weighted by Gasteiger charge is -2.30. The zero-order valence-electron chi connectivity index (χ0n) is 13.3. The van der Waals surface area contributed by atoms with Crippen molar-refractivity contribution in [1.29, 1.82) is 5.26 Å². The molecule has 1 fully saturated rings. The van der Waals surface area contributed by atoms with E-state index in [-0.39, 0.29) is 0 Å². The number of nitrogens with zero attached hydrogens (tertiary/aromatic N) is 2. The van der Waals surface area contributed by atoms with Crippen molar-refractivity contribution in [3.63, 3.8) is 0 Å². The van der Waals surface area contributed by atoms with Gasteiger partial charge in [-0.25, -0.2) is 0 Å². The molecule has 0 spiro atoms. The van der Waals surface area contributed by atoms with Crippen LogP contribution in [0, 0.1) is 17.2 Å². The molecule has 1 aromatic rings. The molecule has 2 rings (SSSR count). The van der Waals surface area contributed by atoms with E-state index < -0.39 is 5.54 Å². The lowest BCUT2D eigenvalue weighted by molar-refractivity contribution is 0.235. The monoisotopic (exact) mass is 285 g/mol. The maximum atomic E-state index is 9.74. The molecule has 21 heavy (non-hydrogen) atoms. The number of rotatable bonds is 9. The third kappa shape index (κ3) is 4.30. The van der Waals surface area contributed by atoms with Crippen LogP contribution in [-0.4, -0.2) is 31.6 Å². The van der Waals surface area contributed by atoms with Gasteiger partial charge in [-0.2, -0.15) is 5.26 Å². The third-order valence-electron chi connectivity index (χ3n) is 4.44. The van der Waals surface area contributed by atoms with Crippen molar-refractivity contribution in [1.82, 2.24) is 10.2 Å². The van der Waals surface area contributed by atoms with Crippen LogP contribution in [0.25, 0.3) is 0 Å². The van der Waals surface area contributed by atoms with E-state index in [0.29, 0.717) is 0 Å². The fourth-order valence-electron chi connectivity index (χ4n) is 2.91. The van der Waals surface area contributed by atoms with Gasteiger partial charge >= 0.3 is 0 Å². The summed E-state index contributed by atoms with van der Waals surface area (Å²) in [4.78, 5) is 2.53. The van der Waals surface area contributed by atoms with Gasteiger partial charge in [0, 0.05) is 13.1 Å². The first-order valence-corrected chi connectivity index (χ1v) is 8.12. The van der Waals surface area contributed by atoms with Gasteiger partial charge in [0.15, 0.2) is 0 Å². The Hall–Kier alpha value is -1.37. The third-order valence-corrected chi connectivity index (χ3v) is 4.44. The van der Waals surface area contributed by atoms with E-state index in [9.17, 15) is 5.26 Å². The average Bonchev–Trinajstić information content (AvgIpc) is 3.34. The molecule has 114 valence electrons. The highest BCUT2D eigenvalue weighted by Crippen LogP contribution is 2.30. The molecule has 1 saturated carbocycles. The molecule has 3 nitrogen and oxygen atoms in total. The highest BCUT2D eigenvalue weighted by Gasteiger charge is 2.31. The first-order valence-electron chi connectivity index (χ1n) is 8.12. The zero-order chi connectivity index (χ0) is 15.1. The zero-order valence-corrected chi connectivity index (χ0v) is 13.3. The van der Waals surface area contributed by atoms with Crippen LogP contribution in [0.4, 0.5) is 0 Å². The molecule has 0 heterocycles. The highest BCUT2D eigenvalue weighted by molar-refractivity contribution is 5.31. The van der Waals surface area contributed by atoms with Crippen molar-refractivity contribution in [3.05, 3.63) is 35.9 Å². The topological polar surface area (TPSA) is 39.1 Å². The van der Waals surface area contributed by atoms with E-state index in [1.54, 1.807) is 0 Å². The van der Waals surface area contributed by atoms with E-state index in [1.165, 1.54) is 25.8 Å². The molecule has 3 heteroatoms. The second kappa shape index (κ2) is 7.59. The Bertz CT molecular complexity index is 461. The number of nitriles is 1. The average molecular weight is 285 g/mol. The Morgan fingerprint density at radius 2 is 2.00 bits per heavy atom. The second-order valence-electron chi connectivity index (χ2n) is 6.13. The van der Waals surface area contributed by atoms with Crippen molar-refractivity contribution in [2.24, 2.45) is 5.92 Å². The fraction of sp³-hybridized carbons (Fsp3) is 0.611. The molecule has 1 aromatic carbocycles. The second-order valence-corrected chi connectivity index (χ2v) is 6.13. The smallest absolute Gasteiger partial charge is 0.133 e. The standard InChI is InChI=1S/C18H27N3/c1-3-12-21(14-16-9-10-16)13-11-18(15-19,20-2)17-7-5-4-6-8-17/h4-8,16,20H,3,9-14H2,1-2H3. The van der Waals surface area contributed by atoms with Gasteiger partial charge in [-0.05, 0) is 50.8 Å². The van der Waals surface area contributed by atoms with Crippen LogP contribution in [0.2, 0.25) is 0 Å². The van der Waals surface area contributed by atoms with E-state index in [4.69, 9.17) is 0 Å². The first-order chi connectivity index (χ1) is 10.2. The number of benzene rings is 1. The molecule has 0 bridgehead atoms. The molecule has 0 amide bonds. The maximum Gasteiger partial charge on any atom is 0.133 e. The summed E-state index contributed by atoms with van der Waals surface area (Å²) in [6.07, 6.45) is 4.77. The van der Waals surface area contributed by atoms with Crippen LogP contribution in [0.3, 0.4) is 0 Å². The summed E-state index contributed by atoms with van der Waals surface area (Å²) >= 11 is 0. The number of nitrogens with one attached hydrogen (secondary N) is 1. The maximum absolute atomic E-state index is 9.74. The van der Waals surface area contributed by atoms with Crippen LogP contribution in [0.15, 0.2) is 30.3 Å². The molecule has 1 aliphatic carbocycles. The molecule has 1 N–H and O–H groups in total. The van der Waals surface area contributed by atoms with Gasteiger partial charge in [0.25, 0.3) is 0 Å². The van der Waals surface area contributed by atoms with Gasteiger partial charge in [-0.15, -0.1) is 0 Å². The summed E-state index contributed by atoms with van der Waals surface area (Å²) in [5.74, 6) is 0.902. The van der Waals surface area contributed by atoms with Crippen molar-refractivity contribution in [2.45, 2.75) is 38.1 Å². The van der Waals surface area contributed by atoms with Crippen LogP contribution >= 0.6 is 0 Å². The lowest BCUT2D eigenvalue weighted by atomic mass is 9.88. The Kier molecular flexibility index (Phi) is 5.78. The van der Waals surface area contributed by atoms with Gasteiger partial charge < -0.3 is 4.90 Å². The minimum Gasteiger partial charge on any atom is -0.303 e. The Labute approximate surface area is 129 Å². The molecule has 0 aliphatic heterocycles. The van der Waals surface area contributed by atoms with E-state index in [2.05, 4.69) is 23.2 Å². The number of hydrogen-bond acceptors (Lipinski definition) is 3. The van der Waals surface area contributed by atoms with Gasteiger partial charge in [0.1, 0.15) is 5.54 Å².